The van der Waals surface area contributed by atoms with Crippen molar-refractivity contribution in [1.29, 1.82) is 0 Å². The molecular weight excluding hydrogens is 683 g/mol. The van der Waals surface area contributed by atoms with Crippen molar-refractivity contribution in [3.05, 3.63) is 210 Å². The lowest BCUT2D eigenvalue weighted by molar-refractivity contribution is 0.436. The molecular formula is C52H31N3O. The van der Waals surface area contributed by atoms with Crippen molar-refractivity contribution in [2.24, 2.45) is 0 Å². The quantitative estimate of drug-likeness (QED) is 0.171. The monoisotopic (exact) mass is 713 g/mol. The van der Waals surface area contributed by atoms with Crippen LogP contribution in [0.15, 0.2) is 188 Å². The van der Waals surface area contributed by atoms with Crippen molar-refractivity contribution in [2.75, 3.05) is 0 Å². The zero-order chi connectivity index (χ0) is 36.8. The zero-order valence-corrected chi connectivity index (χ0v) is 30.1. The van der Waals surface area contributed by atoms with E-state index in [9.17, 15) is 0 Å². The summed E-state index contributed by atoms with van der Waals surface area (Å²) in [5, 5.41) is 7.53. The van der Waals surface area contributed by atoms with Crippen LogP contribution in [0.4, 0.5) is 0 Å². The number of nitrogens with zero attached hydrogens (tertiary/aromatic N) is 3. The number of hydrogen-bond acceptors (Lipinski definition) is 4. The minimum Gasteiger partial charge on any atom is -0.457 e. The van der Waals surface area contributed by atoms with Gasteiger partial charge in [-0.15, -0.1) is 0 Å². The highest BCUT2D eigenvalue weighted by Gasteiger charge is 2.51. The Kier molecular flexibility index (Phi) is 6.52. The molecule has 1 aliphatic carbocycles. The van der Waals surface area contributed by atoms with Gasteiger partial charge in [0.1, 0.15) is 11.5 Å². The fourth-order valence-electron chi connectivity index (χ4n) is 9.37. The van der Waals surface area contributed by atoms with Gasteiger partial charge in [0.05, 0.1) is 5.41 Å². The Morgan fingerprint density at radius 3 is 1.43 bits per heavy atom. The average molecular weight is 714 g/mol. The topological polar surface area (TPSA) is 47.9 Å². The first kappa shape index (κ1) is 31.0. The van der Waals surface area contributed by atoms with Crippen molar-refractivity contribution < 1.29 is 4.74 Å². The first-order valence-electron chi connectivity index (χ1n) is 19.0. The van der Waals surface area contributed by atoms with Crippen LogP contribution in [0.2, 0.25) is 0 Å². The minimum atomic E-state index is -0.676. The van der Waals surface area contributed by atoms with Crippen molar-refractivity contribution in [2.45, 2.75) is 5.41 Å². The zero-order valence-electron chi connectivity index (χ0n) is 30.1. The normalized spacial score (nSPS) is 15.0. The summed E-state index contributed by atoms with van der Waals surface area (Å²) in [7, 11) is 0. The molecule has 0 bridgehead atoms. The number of ether oxygens (including phenoxy) is 1. The molecule has 0 amide bonds. The molecule has 9 aromatic carbocycles. The molecule has 1 spiro atoms. The van der Waals surface area contributed by atoms with E-state index in [0.717, 1.165) is 39.3 Å². The van der Waals surface area contributed by atoms with E-state index in [1.54, 1.807) is 0 Å². The van der Waals surface area contributed by atoms with Crippen LogP contribution < -0.4 is 4.74 Å². The molecule has 0 radical (unpaired) electrons. The van der Waals surface area contributed by atoms with Crippen LogP contribution in [0.3, 0.4) is 0 Å². The van der Waals surface area contributed by atoms with Crippen LogP contribution in [-0.4, -0.2) is 15.0 Å². The molecule has 1 unspecified atom stereocenters. The van der Waals surface area contributed by atoms with E-state index in [2.05, 4.69) is 127 Å². The Balaban J connectivity index is 1.18. The second kappa shape index (κ2) is 11.8. The van der Waals surface area contributed by atoms with Gasteiger partial charge in [0.25, 0.3) is 0 Å². The molecule has 1 atom stereocenters. The molecule has 12 rings (SSSR count). The lowest BCUT2D eigenvalue weighted by atomic mass is 9.65. The highest BCUT2D eigenvalue weighted by atomic mass is 16.5. The Labute approximate surface area is 323 Å². The highest BCUT2D eigenvalue weighted by Crippen LogP contribution is 2.63. The molecule has 4 nitrogen and oxygen atoms in total. The first-order chi connectivity index (χ1) is 27.8. The van der Waals surface area contributed by atoms with Gasteiger partial charge < -0.3 is 4.74 Å². The predicted octanol–water partition coefficient (Wildman–Crippen LogP) is 12.8. The predicted molar refractivity (Wildman–Crippen MR) is 226 cm³/mol. The number of hydrogen-bond donors (Lipinski definition) is 0. The molecule has 0 fully saturated rings. The fraction of sp³-hybridized carbons (Fsp3) is 0.0192. The van der Waals surface area contributed by atoms with E-state index < -0.39 is 5.41 Å². The summed E-state index contributed by atoms with van der Waals surface area (Å²) in [6.45, 7) is 0. The van der Waals surface area contributed by atoms with Gasteiger partial charge in [-0.3, -0.25) is 0 Å². The van der Waals surface area contributed by atoms with Gasteiger partial charge in [0.2, 0.25) is 0 Å². The summed E-state index contributed by atoms with van der Waals surface area (Å²) >= 11 is 0. The second-order valence-corrected chi connectivity index (χ2v) is 14.7. The van der Waals surface area contributed by atoms with Gasteiger partial charge in [-0.05, 0) is 91.0 Å². The smallest absolute Gasteiger partial charge is 0.164 e. The van der Waals surface area contributed by atoms with Gasteiger partial charge in [-0.1, -0.05) is 152 Å². The Hall–Kier alpha value is -7.43. The second-order valence-electron chi connectivity index (χ2n) is 14.7. The molecule has 1 aromatic heterocycles. The van der Waals surface area contributed by atoms with Crippen molar-refractivity contribution in [3.8, 4) is 56.8 Å². The third-order valence-electron chi connectivity index (χ3n) is 11.8. The van der Waals surface area contributed by atoms with E-state index in [-0.39, 0.29) is 0 Å². The molecule has 56 heavy (non-hydrogen) atoms. The van der Waals surface area contributed by atoms with Crippen molar-refractivity contribution in [1.82, 2.24) is 15.0 Å². The van der Waals surface area contributed by atoms with E-state index >= 15 is 0 Å². The minimum absolute atomic E-state index is 0.608. The molecule has 1 aliphatic heterocycles. The number of benzene rings is 9. The molecule has 4 heteroatoms. The maximum absolute atomic E-state index is 6.83. The molecule has 10 aromatic rings. The summed E-state index contributed by atoms with van der Waals surface area (Å²) in [6.07, 6.45) is 0. The van der Waals surface area contributed by atoms with E-state index in [0.29, 0.717) is 17.5 Å². The lowest BCUT2D eigenvalue weighted by Gasteiger charge is -2.39. The van der Waals surface area contributed by atoms with Crippen LogP contribution in [0.5, 0.6) is 11.5 Å². The number of fused-ring (bicyclic) bond motifs is 15. The van der Waals surface area contributed by atoms with E-state index in [1.165, 1.54) is 54.6 Å². The van der Waals surface area contributed by atoms with E-state index in [1.807, 2.05) is 60.7 Å². The summed E-state index contributed by atoms with van der Waals surface area (Å²) in [5.74, 6) is 3.55. The molecule has 0 saturated carbocycles. The van der Waals surface area contributed by atoms with Gasteiger partial charge in [0, 0.05) is 27.8 Å². The molecule has 0 N–H and O–H groups in total. The Bertz CT molecular complexity index is 3170. The van der Waals surface area contributed by atoms with Crippen molar-refractivity contribution >= 4 is 32.3 Å². The van der Waals surface area contributed by atoms with Gasteiger partial charge in [-0.25, -0.2) is 15.0 Å². The highest BCUT2D eigenvalue weighted by molar-refractivity contribution is 6.26. The maximum atomic E-state index is 6.83. The first-order valence-corrected chi connectivity index (χ1v) is 19.0. The van der Waals surface area contributed by atoms with Gasteiger partial charge >= 0.3 is 0 Å². The summed E-state index contributed by atoms with van der Waals surface area (Å²) < 4.78 is 6.83. The lowest BCUT2D eigenvalue weighted by Crippen LogP contribution is -2.32. The summed E-state index contributed by atoms with van der Waals surface area (Å²) in [4.78, 5) is 15.3. The standard InChI is InChI=1S/C52H31N3O/c1-3-15-32(16-4-1)49-53-50(33-17-5-2-6-18-33)55-51(54-49)34-27-28-48-46(29-34)52(44-25-13-14-26-47(44)56-48)43-24-12-11-23-39(43)42-30-40-37-21-9-7-19-35(37)36-20-8-10-22-38(36)41(40)31-45(42)52/h1-31H. The maximum Gasteiger partial charge on any atom is 0.164 e. The number of rotatable bonds is 3. The molecule has 0 saturated heterocycles. The van der Waals surface area contributed by atoms with Crippen LogP contribution in [0, 0.1) is 0 Å². The number of aromatic nitrogens is 3. The molecule has 2 heterocycles. The van der Waals surface area contributed by atoms with Gasteiger partial charge in [0.15, 0.2) is 17.5 Å². The Morgan fingerprint density at radius 2 is 0.786 bits per heavy atom. The van der Waals surface area contributed by atoms with Crippen LogP contribution in [0.25, 0.3) is 77.6 Å². The molecule has 260 valence electrons. The largest absolute Gasteiger partial charge is 0.457 e. The number of para-hydroxylation sites is 1. The van der Waals surface area contributed by atoms with Gasteiger partial charge in [-0.2, -0.15) is 0 Å². The Morgan fingerprint density at radius 1 is 0.304 bits per heavy atom. The van der Waals surface area contributed by atoms with Crippen molar-refractivity contribution in [3.63, 3.8) is 0 Å². The third kappa shape index (κ3) is 4.32. The van der Waals surface area contributed by atoms with Crippen LogP contribution in [0.1, 0.15) is 22.3 Å². The van der Waals surface area contributed by atoms with Crippen LogP contribution >= 0.6 is 0 Å². The summed E-state index contributed by atoms with van der Waals surface area (Å²) in [6, 6.07) is 66.7. The third-order valence-corrected chi connectivity index (χ3v) is 11.8. The fourth-order valence-corrected chi connectivity index (χ4v) is 9.37. The SMILES string of the molecule is c1ccc(-c2nc(-c3ccccc3)nc(-c3ccc4c(c3)C3(c5ccccc5O4)c4ccccc4-c4cc5c6ccccc6c6ccccc6c5cc43)n2)cc1. The van der Waals surface area contributed by atoms with Crippen LogP contribution in [-0.2, 0) is 5.41 Å². The van der Waals surface area contributed by atoms with E-state index in [4.69, 9.17) is 19.7 Å². The molecule has 2 aliphatic rings. The summed E-state index contributed by atoms with van der Waals surface area (Å²) in [5.41, 5.74) is 9.21. The average Bonchev–Trinajstić information content (AvgIpc) is 3.56.